The third kappa shape index (κ3) is 6.36. The Balaban J connectivity index is 3.16. The van der Waals surface area contributed by atoms with Gasteiger partial charge in [-0.3, -0.25) is 4.57 Å². The lowest BCUT2D eigenvalue weighted by atomic mass is 10.2. The third-order valence-electron chi connectivity index (χ3n) is 2.15. The van der Waals surface area contributed by atoms with Crippen molar-refractivity contribution in [2.45, 2.75) is 43.9 Å². The minimum absolute atomic E-state index is 0.223. The molecule has 0 aliphatic heterocycles. The van der Waals surface area contributed by atoms with E-state index in [9.17, 15) is 14.4 Å². The zero-order valence-electron chi connectivity index (χ0n) is 11.9. The van der Waals surface area contributed by atoms with Gasteiger partial charge in [0, 0.05) is 23.8 Å². The van der Waals surface area contributed by atoms with E-state index in [1.165, 1.54) is 19.3 Å². The Morgan fingerprint density at radius 1 is 1.38 bits per heavy atom. The first-order valence-electron chi connectivity index (χ1n) is 5.86. The summed E-state index contributed by atoms with van der Waals surface area (Å²) in [5.74, 6) is 0. The summed E-state index contributed by atoms with van der Waals surface area (Å²) in [4.78, 5) is 27.5. The van der Waals surface area contributed by atoms with Gasteiger partial charge in [-0.15, -0.1) is 0 Å². The van der Waals surface area contributed by atoms with Crippen molar-refractivity contribution in [3.8, 4) is 0 Å². The summed E-state index contributed by atoms with van der Waals surface area (Å²) < 4.78 is 19.4. The molecule has 0 spiro atoms. The maximum atomic E-state index is 13.1. The normalized spacial score (nSPS) is 17.3. The lowest BCUT2D eigenvalue weighted by Crippen LogP contribution is -2.20. The molecule has 2 unspecified atom stereocenters. The van der Waals surface area contributed by atoms with E-state index in [2.05, 4.69) is 25.9 Å². The average molecular weight is 435 g/mol. The van der Waals surface area contributed by atoms with E-state index < -0.39 is 24.1 Å². The molecule has 0 aliphatic rings. The standard InChI is InChI=1S/C10H17BrN2O4P2S2/c1-7(18(14,15)20)19(16,17-10(2,3)4)21-9-12-5-8(11)6-13-9/h5-7H,1-4H3,(H2,14,15,20). The number of nitrogens with zero attached hydrogens (tertiary/aromatic N) is 2. The van der Waals surface area contributed by atoms with E-state index in [0.29, 0.717) is 4.47 Å². The minimum atomic E-state index is -3.75. The highest BCUT2D eigenvalue weighted by Crippen LogP contribution is 2.74. The van der Waals surface area contributed by atoms with E-state index in [0.717, 1.165) is 11.4 Å². The molecule has 120 valence electrons. The van der Waals surface area contributed by atoms with Crippen LogP contribution in [0.4, 0.5) is 0 Å². The van der Waals surface area contributed by atoms with Crippen LogP contribution < -0.4 is 0 Å². The summed E-state index contributed by atoms with van der Waals surface area (Å²) in [6.45, 7) is -0.715. The zero-order valence-corrected chi connectivity index (χ0v) is 16.9. The van der Waals surface area contributed by atoms with Crippen molar-refractivity contribution in [1.82, 2.24) is 9.97 Å². The van der Waals surface area contributed by atoms with Gasteiger partial charge in [0.05, 0.1) is 10.1 Å². The van der Waals surface area contributed by atoms with Crippen molar-refractivity contribution in [3.63, 3.8) is 0 Å². The van der Waals surface area contributed by atoms with Gasteiger partial charge in [-0.1, -0.05) is 0 Å². The number of aromatic nitrogens is 2. The van der Waals surface area contributed by atoms with Gasteiger partial charge in [-0.2, -0.15) is 0 Å². The highest BCUT2D eigenvalue weighted by Gasteiger charge is 2.44. The predicted molar refractivity (Wildman–Crippen MR) is 92.2 cm³/mol. The van der Waals surface area contributed by atoms with Gasteiger partial charge < -0.3 is 14.3 Å². The molecule has 11 heteroatoms. The lowest BCUT2D eigenvalue weighted by Gasteiger charge is -2.31. The van der Waals surface area contributed by atoms with Gasteiger partial charge in [-0.25, -0.2) is 9.97 Å². The van der Waals surface area contributed by atoms with Crippen LogP contribution >= 0.6 is 40.4 Å². The Labute approximate surface area is 141 Å². The number of hydrogen-bond donors (Lipinski definition) is 2. The second kappa shape index (κ2) is 7.05. The topological polar surface area (TPSA) is 92.5 Å². The molecule has 0 fully saturated rings. The van der Waals surface area contributed by atoms with Crippen molar-refractivity contribution < 1.29 is 18.9 Å². The summed E-state index contributed by atoms with van der Waals surface area (Å²) in [6, 6.07) is 0. The molecule has 0 saturated heterocycles. The molecule has 0 saturated carbocycles. The molecule has 2 N–H and O–H groups in total. The summed E-state index contributed by atoms with van der Waals surface area (Å²) in [5.41, 5.74) is -0.739. The number of rotatable bonds is 5. The van der Waals surface area contributed by atoms with Gasteiger partial charge in [0.25, 0.3) is 6.57 Å². The molecule has 0 radical (unpaired) electrons. The summed E-state index contributed by atoms with van der Waals surface area (Å²) in [5, 5.41) is -0.863. The van der Waals surface area contributed by atoms with Gasteiger partial charge in [-0.05, 0) is 55.4 Å². The fourth-order valence-electron chi connectivity index (χ4n) is 1.20. The van der Waals surface area contributed by atoms with Gasteiger partial charge in [0.2, 0.25) is 0 Å². The first kappa shape index (κ1) is 19.7. The number of hydrogen-bond acceptors (Lipinski definition) is 6. The molecule has 21 heavy (non-hydrogen) atoms. The summed E-state index contributed by atoms with van der Waals surface area (Å²) in [6.07, 6.45) is 3.02. The van der Waals surface area contributed by atoms with Crippen molar-refractivity contribution in [2.24, 2.45) is 0 Å². The Kier molecular flexibility index (Phi) is 6.62. The number of halogens is 1. The van der Waals surface area contributed by atoms with Gasteiger partial charge >= 0.3 is 0 Å². The zero-order chi connectivity index (χ0) is 16.5. The molecule has 0 aliphatic carbocycles. The first-order chi connectivity index (χ1) is 9.33. The van der Waals surface area contributed by atoms with Crippen LogP contribution in [-0.4, -0.2) is 30.8 Å². The molecule has 6 nitrogen and oxygen atoms in total. The average Bonchev–Trinajstić information content (AvgIpc) is 2.27. The van der Waals surface area contributed by atoms with Crippen LogP contribution in [0.5, 0.6) is 0 Å². The second-order valence-corrected chi connectivity index (χ2v) is 14.8. The van der Waals surface area contributed by atoms with E-state index >= 15 is 0 Å². The van der Waals surface area contributed by atoms with Crippen LogP contribution in [0.3, 0.4) is 0 Å². The molecular formula is C10H17BrN2O4P2S2. The smallest absolute Gasteiger partial charge is 0.277 e. The Bertz CT molecular complexity index is 588. The quantitative estimate of drug-likeness (QED) is 0.530. The monoisotopic (exact) mass is 434 g/mol. The molecule has 1 aromatic heterocycles. The van der Waals surface area contributed by atoms with Gasteiger partial charge in [0.15, 0.2) is 11.6 Å². The molecule has 1 heterocycles. The van der Waals surface area contributed by atoms with Crippen molar-refractivity contribution >= 4 is 52.2 Å². The Hall–Kier alpha value is 0.670. The fourth-order valence-corrected chi connectivity index (χ4v) is 10.0. The van der Waals surface area contributed by atoms with Crippen molar-refractivity contribution in [1.29, 1.82) is 0 Å². The highest BCUT2D eigenvalue weighted by molar-refractivity contribution is 9.10. The highest BCUT2D eigenvalue weighted by atomic mass is 79.9. The molecule has 1 aromatic rings. The fraction of sp³-hybridized carbons (Fsp3) is 0.600. The SMILES string of the molecule is CC(P(=O)(OC(C)(C)C)Sc1ncc(Br)cn1)P(O)(O)=S. The minimum Gasteiger partial charge on any atom is -0.345 e. The molecule has 2 atom stereocenters. The van der Waals surface area contributed by atoms with Crippen molar-refractivity contribution in [2.75, 3.05) is 0 Å². The van der Waals surface area contributed by atoms with Crippen LogP contribution in [0.1, 0.15) is 27.7 Å². The maximum absolute atomic E-state index is 13.1. The molecular weight excluding hydrogens is 418 g/mol. The first-order valence-corrected chi connectivity index (χ1v) is 12.5. The summed E-state index contributed by atoms with van der Waals surface area (Å²) >= 11 is 8.69. The largest absolute Gasteiger partial charge is 0.345 e. The van der Waals surface area contributed by atoms with E-state index in [1.807, 2.05) is 0 Å². The lowest BCUT2D eigenvalue weighted by molar-refractivity contribution is 0.140. The van der Waals surface area contributed by atoms with Crippen molar-refractivity contribution in [3.05, 3.63) is 16.9 Å². The van der Waals surface area contributed by atoms with Crippen LogP contribution in [0, 0.1) is 0 Å². The second-order valence-electron chi connectivity index (χ2n) is 5.24. The van der Waals surface area contributed by atoms with E-state index in [1.54, 1.807) is 20.8 Å². The Morgan fingerprint density at radius 2 is 1.86 bits per heavy atom. The van der Waals surface area contributed by atoms with E-state index in [4.69, 9.17) is 16.3 Å². The summed E-state index contributed by atoms with van der Waals surface area (Å²) in [7, 11) is 0. The van der Waals surface area contributed by atoms with Crippen LogP contribution in [0.15, 0.2) is 22.0 Å². The molecule has 0 amide bonds. The van der Waals surface area contributed by atoms with Crippen LogP contribution in [0.25, 0.3) is 0 Å². The molecule has 0 bridgehead atoms. The van der Waals surface area contributed by atoms with Crippen LogP contribution in [-0.2, 0) is 20.9 Å². The maximum Gasteiger partial charge on any atom is 0.277 e. The molecule has 0 aromatic carbocycles. The van der Waals surface area contributed by atoms with E-state index in [-0.39, 0.29) is 5.16 Å². The molecule has 1 rings (SSSR count). The van der Waals surface area contributed by atoms with Crippen LogP contribution in [0.2, 0.25) is 0 Å². The van der Waals surface area contributed by atoms with Gasteiger partial charge in [0.1, 0.15) is 5.40 Å². The Morgan fingerprint density at radius 3 is 2.24 bits per heavy atom. The third-order valence-corrected chi connectivity index (χ3v) is 12.1. The predicted octanol–water partition coefficient (Wildman–Crippen LogP) is 3.98.